The van der Waals surface area contributed by atoms with Gasteiger partial charge in [0.05, 0.1) is 16.6 Å². The van der Waals surface area contributed by atoms with Gasteiger partial charge in [-0.25, -0.2) is 0 Å². The van der Waals surface area contributed by atoms with Crippen molar-refractivity contribution < 1.29 is 14.7 Å². The van der Waals surface area contributed by atoms with E-state index in [9.17, 15) is 9.59 Å². The number of carbonyl (C=O) groups is 2. The third-order valence-electron chi connectivity index (χ3n) is 2.77. The van der Waals surface area contributed by atoms with Crippen molar-refractivity contribution in [3.63, 3.8) is 0 Å². The molecule has 2 rings (SSSR count). The number of rotatable bonds is 2. The van der Waals surface area contributed by atoms with Crippen LogP contribution in [0.1, 0.15) is 10.4 Å². The number of benzene rings is 1. The number of hydrogen-bond acceptors (Lipinski definition) is 3. The molecular weight excluding hydrogens is 244 g/mol. The summed E-state index contributed by atoms with van der Waals surface area (Å²) in [6, 6.07) is 4.63. The number of likely N-dealkylation sites (tertiary alicyclic amines) is 1. The molecule has 0 aliphatic carbocycles. The quantitative estimate of drug-likeness (QED) is 0.774. The van der Waals surface area contributed by atoms with Crippen molar-refractivity contribution in [2.45, 2.75) is 0 Å². The number of hydrogen-bond donors (Lipinski definition) is 2. The minimum atomic E-state index is -0.871. The Morgan fingerprint density at radius 2 is 2.06 bits per heavy atom. The molecule has 0 unspecified atom stereocenters. The van der Waals surface area contributed by atoms with Gasteiger partial charge < -0.3 is 15.7 Å². The van der Waals surface area contributed by atoms with Gasteiger partial charge in [-0.05, 0) is 18.2 Å². The largest absolute Gasteiger partial charge is 0.481 e. The topological polar surface area (TPSA) is 83.6 Å². The van der Waals surface area contributed by atoms with E-state index in [-0.39, 0.29) is 19.0 Å². The fraction of sp³-hybridized carbons (Fsp3) is 0.273. The van der Waals surface area contributed by atoms with Crippen LogP contribution in [-0.4, -0.2) is 35.0 Å². The van der Waals surface area contributed by atoms with Crippen LogP contribution < -0.4 is 5.73 Å². The first kappa shape index (κ1) is 11.7. The predicted octanol–water partition coefficient (Wildman–Crippen LogP) is 1.08. The first-order chi connectivity index (χ1) is 7.99. The van der Waals surface area contributed by atoms with E-state index in [0.29, 0.717) is 16.3 Å². The highest BCUT2D eigenvalue weighted by molar-refractivity contribution is 6.33. The second kappa shape index (κ2) is 4.25. The highest BCUT2D eigenvalue weighted by atomic mass is 35.5. The Morgan fingerprint density at radius 3 is 2.59 bits per heavy atom. The van der Waals surface area contributed by atoms with Crippen molar-refractivity contribution >= 4 is 29.2 Å². The lowest BCUT2D eigenvalue weighted by atomic mass is 9.99. The summed E-state index contributed by atoms with van der Waals surface area (Å²) < 4.78 is 0. The van der Waals surface area contributed by atoms with Gasteiger partial charge in [-0.15, -0.1) is 0 Å². The van der Waals surface area contributed by atoms with E-state index in [1.807, 2.05) is 0 Å². The summed E-state index contributed by atoms with van der Waals surface area (Å²) in [5, 5.41) is 9.03. The fourth-order valence-electron chi connectivity index (χ4n) is 1.64. The van der Waals surface area contributed by atoms with Crippen LogP contribution >= 0.6 is 11.6 Å². The minimum Gasteiger partial charge on any atom is -0.481 e. The first-order valence-electron chi connectivity index (χ1n) is 5.06. The minimum absolute atomic E-state index is 0.218. The number of aliphatic carboxylic acids is 1. The van der Waals surface area contributed by atoms with Crippen molar-refractivity contribution in [2.24, 2.45) is 5.92 Å². The van der Waals surface area contributed by atoms with Crippen LogP contribution in [-0.2, 0) is 4.79 Å². The van der Waals surface area contributed by atoms with Gasteiger partial charge in [0.15, 0.2) is 0 Å². The smallest absolute Gasteiger partial charge is 0.310 e. The van der Waals surface area contributed by atoms with E-state index in [1.54, 1.807) is 12.1 Å². The van der Waals surface area contributed by atoms with Crippen molar-refractivity contribution in [3.05, 3.63) is 28.8 Å². The molecule has 0 spiro atoms. The Morgan fingerprint density at radius 1 is 1.41 bits per heavy atom. The van der Waals surface area contributed by atoms with Gasteiger partial charge in [-0.1, -0.05) is 11.6 Å². The SMILES string of the molecule is Nc1ccc(C(=O)N2CC(C(=O)O)C2)cc1Cl. The van der Waals surface area contributed by atoms with Crippen LogP contribution in [0.3, 0.4) is 0 Å². The Hall–Kier alpha value is -1.75. The van der Waals surface area contributed by atoms with E-state index < -0.39 is 11.9 Å². The van der Waals surface area contributed by atoms with E-state index in [4.69, 9.17) is 22.4 Å². The lowest BCUT2D eigenvalue weighted by molar-refractivity contribution is -0.146. The summed E-state index contributed by atoms with van der Waals surface area (Å²) in [6.07, 6.45) is 0. The molecule has 1 aromatic carbocycles. The van der Waals surface area contributed by atoms with Crippen LogP contribution in [0.5, 0.6) is 0 Å². The zero-order chi connectivity index (χ0) is 12.6. The van der Waals surface area contributed by atoms with Crippen LogP contribution in [0.4, 0.5) is 5.69 Å². The molecule has 0 atom stereocenters. The lowest BCUT2D eigenvalue weighted by Gasteiger charge is -2.36. The van der Waals surface area contributed by atoms with Gasteiger partial charge in [0.2, 0.25) is 0 Å². The Balaban J connectivity index is 2.06. The monoisotopic (exact) mass is 254 g/mol. The zero-order valence-corrected chi connectivity index (χ0v) is 9.65. The Labute approximate surface area is 103 Å². The van der Waals surface area contributed by atoms with E-state index in [2.05, 4.69) is 0 Å². The molecule has 17 heavy (non-hydrogen) atoms. The average molecular weight is 255 g/mol. The summed E-state index contributed by atoms with van der Waals surface area (Å²) in [5.41, 5.74) is 6.38. The number of halogens is 1. The molecule has 1 aliphatic heterocycles. The summed E-state index contributed by atoms with van der Waals surface area (Å²) in [5.74, 6) is -1.54. The van der Waals surface area contributed by atoms with E-state index in [0.717, 1.165) is 0 Å². The highest BCUT2D eigenvalue weighted by Crippen LogP contribution is 2.23. The number of anilines is 1. The molecule has 3 N–H and O–H groups in total. The van der Waals surface area contributed by atoms with E-state index in [1.165, 1.54) is 11.0 Å². The molecule has 90 valence electrons. The Bertz CT molecular complexity index is 484. The number of nitrogens with zero attached hydrogens (tertiary/aromatic N) is 1. The molecule has 1 saturated heterocycles. The van der Waals surface area contributed by atoms with Crippen molar-refractivity contribution in [1.29, 1.82) is 0 Å². The van der Waals surface area contributed by atoms with Gasteiger partial charge in [-0.2, -0.15) is 0 Å². The predicted molar refractivity (Wildman–Crippen MR) is 62.9 cm³/mol. The standard InChI is InChI=1S/C11H11ClN2O3/c12-8-3-6(1-2-9(8)13)10(15)14-4-7(5-14)11(16)17/h1-3,7H,4-5,13H2,(H,16,17). The van der Waals surface area contributed by atoms with Gasteiger partial charge in [0.25, 0.3) is 5.91 Å². The second-order valence-corrected chi connectivity index (χ2v) is 4.39. The van der Waals surface area contributed by atoms with Crippen LogP contribution in [0, 0.1) is 5.92 Å². The molecule has 0 bridgehead atoms. The number of amides is 1. The first-order valence-corrected chi connectivity index (χ1v) is 5.44. The molecule has 5 nitrogen and oxygen atoms in total. The maximum atomic E-state index is 11.9. The highest BCUT2D eigenvalue weighted by Gasteiger charge is 2.35. The number of carboxylic acid groups (broad SMARTS) is 1. The molecule has 1 aromatic rings. The average Bonchev–Trinajstić information content (AvgIpc) is 2.19. The van der Waals surface area contributed by atoms with Gasteiger partial charge in [-0.3, -0.25) is 9.59 Å². The molecule has 0 radical (unpaired) electrons. The van der Waals surface area contributed by atoms with Crippen LogP contribution in [0.15, 0.2) is 18.2 Å². The van der Waals surface area contributed by atoms with Gasteiger partial charge >= 0.3 is 5.97 Å². The molecule has 1 amide bonds. The third kappa shape index (κ3) is 2.19. The molecule has 0 saturated carbocycles. The number of nitrogen functional groups attached to an aromatic ring is 1. The third-order valence-corrected chi connectivity index (χ3v) is 3.09. The number of nitrogens with two attached hydrogens (primary N) is 1. The molecular formula is C11H11ClN2O3. The van der Waals surface area contributed by atoms with Crippen LogP contribution in [0.2, 0.25) is 5.02 Å². The second-order valence-electron chi connectivity index (χ2n) is 3.98. The van der Waals surface area contributed by atoms with Crippen molar-refractivity contribution in [2.75, 3.05) is 18.8 Å². The normalized spacial score (nSPS) is 15.5. The zero-order valence-electron chi connectivity index (χ0n) is 8.89. The maximum absolute atomic E-state index is 11.9. The van der Waals surface area contributed by atoms with Gasteiger partial charge in [0, 0.05) is 18.7 Å². The fourth-order valence-corrected chi connectivity index (χ4v) is 1.82. The summed E-state index contributed by atoms with van der Waals surface area (Å²) in [7, 11) is 0. The molecule has 1 fully saturated rings. The summed E-state index contributed by atoms with van der Waals surface area (Å²) in [4.78, 5) is 24.0. The summed E-state index contributed by atoms with van der Waals surface area (Å²) >= 11 is 5.81. The summed E-state index contributed by atoms with van der Waals surface area (Å²) in [6.45, 7) is 0.492. The van der Waals surface area contributed by atoms with E-state index >= 15 is 0 Å². The maximum Gasteiger partial charge on any atom is 0.310 e. The number of carbonyl (C=O) groups excluding carboxylic acids is 1. The molecule has 0 aromatic heterocycles. The van der Waals surface area contributed by atoms with Crippen LogP contribution in [0.25, 0.3) is 0 Å². The molecule has 6 heteroatoms. The number of carboxylic acids is 1. The Kier molecular flexibility index (Phi) is 2.93. The molecule has 1 aliphatic rings. The van der Waals surface area contributed by atoms with Crippen molar-refractivity contribution in [1.82, 2.24) is 4.90 Å². The lowest BCUT2D eigenvalue weighted by Crippen LogP contribution is -2.53. The molecule has 1 heterocycles. The van der Waals surface area contributed by atoms with Gasteiger partial charge in [0.1, 0.15) is 0 Å². The van der Waals surface area contributed by atoms with Crippen molar-refractivity contribution in [3.8, 4) is 0 Å².